The molecule has 1 N–H and O–H groups in total. The van der Waals surface area contributed by atoms with Gasteiger partial charge in [-0.2, -0.15) is 13.2 Å². The number of benzene rings is 1. The van der Waals surface area contributed by atoms with Crippen molar-refractivity contribution in [2.45, 2.75) is 25.1 Å². The molecular weight excluding hydrogens is 319 g/mol. The van der Waals surface area contributed by atoms with Gasteiger partial charge in [0, 0.05) is 12.6 Å². The average molecular weight is 337 g/mol. The number of ether oxygens (including phenoxy) is 1. The fraction of sp³-hybridized carbons (Fsp3) is 0.571. The van der Waals surface area contributed by atoms with Crippen LogP contribution in [0.15, 0.2) is 24.3 Å². The van der Waals surface area contributed by atoms with E-state index in [1.165, 1.54) is 12.1 Å². The van der Waals surface area contributed by atoms with E-state index >= 15 is 0 Å². The zero-order valence-corrected chi connectivity index (χ0v) is 12.7. The minimum atomic E-state index is -4.39. The molecule has 0 unspecified atom stereocenters. The molecule has 0 saturated carbocycles. The van der Waals surface area contributed by atoms with Crippen LogP contribution in [0.1, 0.15) is 18.4 Å². The molecule has 1 heterocycles. The van der Waals surface area contributed by atoms with Gasteiger partial charge in [0.25, 0.3) is 0 Å². The Labute approximate surface area is 127 Å². The summed E-state index contributed by atoms with van der Waals surface area (Å²) in [6, 6.07) is 4.58. The van der Waals surface area contributed by atoms with Crippen molar-refractivity contribution < 1.29 is 26.3 Å². The second-order valence-electron chi connectivity index (χ2n) is 5.28. The van der Waals surface area contributed by atoms with E-state index in [2.05, 4.69) is 5.32 Å². The average Bonchev–Trinajstić information content (AvgIpc) is 2.42. The van der Waals surface area contributed by atoms with Crippen LogP contribution in [0.4, 0.5) is 13.2 Å². The van der Waals surface area contributed by atoms with Crippen LogP contribution in [0.25, 0.3) is 0 Å². The molecule has 0 aromatic heterocycles. The molecule has 8 heteroatoms. The van der Waals surface area contributed by atoms with Crippen LogP contribution in [0.3, 0.4) is 0 Å². The van der Waals surface area contributed by atoms with E-state index in [9.17, 15) is 21.6 Å². The molecule has 0 aliphatic carbocycles. The summed E-state index contributed by atoms with van der Waals surface area (Å²) >= 11 is 0. The van der Waals surface area contributed by atoms with Gasteiger partial charge >= 0.3 is 6.18 Å². The molecule has 0 spiro atoms. The molecule has 0 amide bonds. The zero-order valence-electron chi connectivity index (χ0n) is 11.9. The highest BCUT2D eigenvalue weighted by atomic mass is 32.2. The lowest BCUT2D eigenvalue weighted by Gasteiger charge is -2.23. The third kappa shape index (κ3) is 5.17. The fourth-order valence-electron chi connectivity index (χ4n) is 2.38. The third-order valence-corrected chi connectivity index (χ3v) is 5.25. The van der Waals surface area contributed by atoms with Gasteiger partial charge in [0.1, 0.15) is 12.4 Å². The highest BCUT2D eigenvalue weighted by Gasteiger charge is 2.30. The number of halogens is 3. The summed E-state index contributed by atoms with van der Waals surface area (Å²) in [4.78, 5) is 0. The minimum absolute atomic E-state index is 0.108. The van der Waals surface area contributed by atoms with Gasteiger partial charge < -0.3 is 10.1 Å². The van der Waals surface area contributed by atoms with E-state index in [1.54, 1.807) is 0 Å². The van der Waals surface area contributed by atoms with E-state index in [-0.39, 0.29) is 29.9 Å². The summed E-state index contributed by atoms with van der Waals surface area (Å²) in [6.07, 6.45) is -2.98. The van der Waals surface area contributed by atoms with Crippen LogP contribution in [-0.4, -0.2) is 39.1 Å². The van der Waals surface area contributed by atoms with Gasteiger partial charge in [0.15, 0.2) is 9.84 Å². The van der Waals surface area contributed by atoms with Gasteiger partial charge in [0.2, 0.25) is 0 Å². The van der Waals surface area contributed by atoms with Gasteiger partial charge in [-0.25, -0.2) is 8.42 Å². The fourth-order valence-corrected chi connectivity index (χ4v) is 4.05. The third-order valence-electron chi connectivity index (χ3n) is 3.43. The smallest absolute Gasteiger partial charge is 0.416 e. The summed E-state index contributed by atoms with van der Waals surface area (Å²) in [6.45, 7) is 0.564. The number of alkyl halides is 3. The van der Waals surface area contributed by atoms with Gasteiger partial charge in [-0.15, -0.1) is 0 Å². The number of hydrogen-bond donors (Lipinski definition) is 1. The van der Waals surface area contributed by atoms with Crippen LogP contribution < -0.4 is 10.1 Å². The zero-order chi connectivity index (χ0) is 16.2. The molecular formula is C14H18F3NO3S. The molecule has 4 nitrogen and oxygen atoms in total. The van der Waals surface area contributed by atoms with Crippen molar-refractivity contribution in [1.29, 1.82) is 0 Å². The summed E-state index contributed by atoms with van der Waals surface area (Å²) in [7, 11) is -2.97. The Morgan fingerprint density at radius 3 is 2.77 bits per heavy atom. The van der Waals surface area contributed by atoms with E-state index in [1.807, 2.05) is 0 Å². The van der Waals surface area contributed by atoms with Crippen LogP contribution in [0, 0.1) is 0 Å². The Balaban J connectivity index is 1.77. The van der Waals surface area contributed by atoms with E-state index in [0.717, 1.165) is 18.6 Å². The second kappa shape index (κ2) is 6.87. The minimum Gasteiger partial charge on any atom is -0.492 e. The first-order valence-electron chi connectivity index (χ1n) is 7.00. The Hall–Kier alpha value is -1.28. The lowest BCUT2D eigenvalue weighted by atomic mass is 10.2. The summed E-state index contributed by atoms with van der Waals surface area (Å²) in [5.41, 5.74) is -0.753. The van der Waals surface area contributed by atoms with Crippen molar-refractivity contribution in [2.75, 3.05) is 24.7 Å². The van der Waals surface area contributed by atoms with Crippen LogP contribution in [0.5, 0.6) is 5.75 Å². The molecule has 22 heavy (non-hydrogen) atoms. The SMILES string of the molecule is O=S1(=O)CCC[C@H](NCCOc2cccc(C(F)(F)F)c2)C1. The molecule has 124 valence electrons. The molecule has 1 atom stereocenters. The molecule has 0 bridgehead atoms. The van der Waals surface area contributed by atoms with E-state index in [0.29, 0.717) is 13.0 Å². The highest BCUT2D eigenvalue weighted by Crippen LogP contribution is 2.31. The lowest BCUT2D eigenvalue weighted by molar-refractivity contribution is -0.137. The maximum atomic E-state index is 12.5. The molecule has 2 rings (SSSR count). The Morgan fingerprint density at radius 2 is 2.09 bits per heavy atom. The van der Waals surface area contributed by atoms with Crippen LogP contribution in [-0.2, 0) is 16.0 Å². The highest BCUT2D eigenvalue weighted by molar-refractivity contribution is 7.91. The number of rotatable bonds is 5. The first kappa shape index (κ1) is 17.1. The van der Waals surface area contributed by atoms with Crippen molar-refractivity contribution in [2.24, 2.45) is 0 Å². The molecule has 1 aromatic carbocycles. The Morgan fingerprint density at radius 1 is 1.32 bits per heavy atom. The van der Waals surface area contributed by atoms with Gasteiger partial charge in [-0.1, -0.05) is 6.07 Å². The maximum absolute atomic E-state index is 12.5. The first-order valence-corrected chi connectivity index (χ1v) is 8.82. The van der Waals surface area contributed by atoms with E-state index in [4.69, 9.17) is 4.74 Å². The topological polar surface area (TPSA) is 55.4 Å². The predicted molar refractivity (Wildman–Crippen MR) is 76.6 cm³/mol. The van der Waals surface area contributed by atoms with Crippen molar-refractivity contribution in [3.05, 3.63) is 29.8 Å². The molecule has 1 aromatic rings. The monoisotopic (exact) mass is 337 g/mol. The molecule has 1 aliphatic heterocycles. The van der Waals surface area contributed by atoms with Gasteiger partial charge in [0.05, 0.1) is 17.1 Å². The van der Waals surface area contributed by atoms with Crippen molar-refractivity contribution in [3.63, 3.8) is 0 Å². The largest absolute Gasteiger partial charge is 0.492 e. The molecule has 1 saturated heterocycles. The normalized spacial score (nSPS) is 21.5. The van der Waals surface area contributed by atoms with Gasteiger partial charge in [-0.3, -0.25) is 0 Å². The number of hydrogen-bond acceptors (Lipinski definition) is 4. The standard InChI is InChI=1S/C14H18F3NO3S/c15-14(16,17)11-3-1-5-13(9-11)21-7-6-18-12-4-2-8-22(19,20)10-12/h1,3,5,9,12,18H,2,4,6-8,10H2/t12-/m0/s1. The maximum Gasteiger partial charge on any atom is 0.416 e. The van der Waals surface area contributed by atoms with Crippen LogP contribution >= 0.6 is 0 Å². The molecule has 0 radical (unpaired) electrons. The van der Waals surface area contributed by atoms with Crippen LogP contribution in [0.2, 0.25) is 0 Å². The van der Waals surface area contributed by atoms with Crippen molar-refractivity contribution in [1.82, 2.24) is 5.32 Å². The van der Waals surface area contributed by atoms with Gasteiger partial charge in [-0.05, 0) is 31.0 Å². The lowest BCUT2D eigenvalue weighted by Crippen LogP contribution is -2.41. The molecule has 1 fully saturated rings. The Bertz CT molecular complexity index is 602. The summed E-state index contributed by atoms with van der Waals surface area (Å²) in [5.74, 6) is 0.482. The van der Waals surface area contributed by atoms with E-state index < -0.39 is 21.6 Å². The summed E-state index contributed by atoms with van der Waals surface area (Å²) < 4.78 is 65.9. The van der Waals surface area contributed by atoms with Crippen molar-refractivity contribution >= 4 is 9.84 Å². The summed E-state index contributed by atoms with van der Waals surface area (Å²) in [5, 5.41) is 3.07. The quantitative estimate of drug-likeness (QED) is 0.838. The predicted octanol–water partition coefficient (Wildman–Crippen LogP) is 2.25. The molecule has 1 aliphatic rings. The van der Waals surface area contributed by atoms with Crippen molar-refractivity contribution in [3.8, 4) is 5.75 Å². The first-order chi connectivity index (χ1) is 10.3. The number of sulfone groups is 1. The Kier molecular flexibility index (Phi) is 5.33. The number of nitrogens with one attached hydrogen (secondary N) is 1. The second-order valence-corrected chi connectivity index (χ2v) is 7.51.